The number of halogens is 1. The molecule has 1 amide bonds. The number of carbonyl (C=O) groups is 1. The van der Waals surface area contributed by atoms with E-state index in [9.17, 15) is 14.7 Å². The quantitative estimate of drug-likeness (QED) is 0.551. The molecule has 0 saturated carbocycles. The number of hydrogen-bond donors (Lipinski definition) is 2. The van der Waals surface area contributed by atoms with Crippen molar-refractivity contribution >= 4 is 35.0 Å². The summed E-state index contributed by atoms with van der Waals surface area (Å²) in [5, 5.41) is 13.1. The van der Waals surface area contributed by atoms with Gasteiger partial charge in [-0.1, -0.05) is 37.2 Å². The Morgan fingerprint density at radius 2 is 2.15 bits per heavy atom. The van der Waals surface area contributed by atoms with E-state index in [1.807, 2.05) is 13.8 Å². The van der Waals surface area contributed by atoms with Crippen LogP contribution in [0.1, 0.15) is 13.8 Å². The monoisotopic (exact) mass is 397 g/mol. The van der Waals surface area contributed by atoms with Crippen molar-refractivity contribution in [3.8, 4) is 11.6 Å². The molecule has 140 valence electrons. The standard InChI is InChI=1S/C17H20ClN3O4S/c1-10(2)8-21-16(24)7-14(22)20-17(21)26-9-15(23)19-12-6-11(18)4-5-13(12)25-3/h4-7,10,22H,8-9H2,1-3H3,(H,19,23). The molecule has 0 bridgehead atoms. The molecular weight excluding hydrogens is 378 g/mol. The molecular formula is C17H20ClN3O4S. The van der Waals surface area contributed by atoms with Crippen molar-refractivity contribution in [2.45, 2.75) is 25.5 Å². The fraction of sp³-hybridized carbons (Fsp3) is 0.353. The first kappa shape index (κ1) is 20.1. The highest BCUT2D eigenvalue weighted by molar-refractivity contribution is 7.99. The van der Waals surface area contributed by atoms with Gasteiger partial charge in [0.1, 0.15) is 5.75 Å². The molecule has 26 heavy (non-hydrogen) atoms. The van der Waals surface area contributed by atoms with Crippen LogP contribution in [0.5, 0.6) is 11.6 Å². The maximum Gasteiger partial charge on any atom is 0.257 e. The van der Waals surface area contributed by atoms with Crippen molar-refractivity contribution in [3.05, 3.63) is 39.6 Å². The van der Waals surface area contributed by atoms with E-state index in [0.29, 0.717) is 23.0 Å². The number of benzene rings is 1. The lowest BCUT2D eigenvalue weighted by Gasteiger charge is -2.14. The average Bonchev–Trinajstić information content (AvgIpc) is 2.55. The Bertz CT molecular complexity index is 854. The van der Waals surface area contributed by atoms with E-state index in [4.69, 9.17) is 16.3 Å². The molecule has 0 aliphatic heterocycles. The van der Waals surface area contributed by atoms with E-state index >= 15 is 0 Å². The summed E-state index contributed by atoms with van der Waals surface area (Å²) in [5.41, 5.74) is 0.0969. The molecule has 1 aromatic carbocycles. The normalized spacial score (nSPS) is 10.8. The van der Waals surface area contributed by atoms with Crippen LogP contribution in [0.15, 0.2) is 34.2 Å². The van der Waals surface area contributed by atoms with Gasteiger partial charge in [0.05, 0.1) is 24.6 Å². The minimum Gasteiger partial charge on any atom is -0.495 e. The summed E-state index contributed by atoms with van der Waals surface area (Å²) in [6, 6.07) is 5.96. The van der Waals surface area contributed by atoms with Gasteiger partial charge in [-0.05, 0) is 24.1 Å². The predicted octanol–water partition coefficient (Wildman–Crippen LogP) is 3.00. The summed E-state index contributed by atoms with van der Waals surface area (Å²) in [4.78, 5) is 28.3. The SMILES string of the molecule is COc1ccc(Cl)cc1NC(=O)CSc1nc(O)cc(=O)n1CC(C)C. The molecule has 9 heteroatoms. The van der Waals surface area contributed by atoms with Gasteiger partial charge in [0.2, 0.25) is 11.8 Å². The van der Waals surface area contributed by atoms with Crippen molar-refractivity contribution in [1.29, 1.82) is 0 Å². The maximum atomic E-state index is 12.3. The number of aromatic hydroxyl groups is 1. The molecule has 7 nitrogen and oxygen atoms in total. The number of methoxy groups -OCH3 is 1. The molecule has 0 saturated heterocycles. The van der Waals surface area contributed by atoms with E-state index in [1.165, 1.54) is 11.7 Å². The smallest absolute Gasteiger partial charge is 0.257 e. The van der Waals surface area contributed by atoms with Gasteiger partial charge >= 0.3 is 0 Å². The molecule has 0 unspecified atom stereocenters. The fourth-order valence-electron chi connectivity index (χ4n) is 2.21. The summed E-state index contributed by atoms with van der Waals surface area (Å²) in [5.74, 6) is 0.0190. The molecule has 0 spiro atoms. The van der Waals surface area contributed by atoms with Crippen LogP contribution in [0, 0.1) is 5.92 Å². The Hall–Kier alpha value is -2.19. The minimum absolute atomic E-state index is 0.00363. The highest BCUT2D eigenvalue weighted by atomic mass is 35.5. The van der Waals surface area contributed by atoms with Crippen LogP contribution >= 0.6 is 23.4 Å². The number of hydrogen-bond acceptors (Lipinski definition) is 6. The lowest BCUT2D eigenvalue weighted by molar-refractivity contribution is -0.113. The lowest BCUT2D eigenvalue weighted by atomic mass is 10.2. The highest BCUT2D eigenvalue weighted by Crippen LogP contribution is 2.28. The van der Waals surface area contributed by atoms with Crippen LogP contribution < -0.4 is 15.6 Å². The van der Waals surface area contributed by atoms with Gasteiger partial charge < -0.3 is 15.2 Å². The summed E-state index contributed by atoms with van der Waals surface area (Å²) in [6.07, 6.45) is 0. The van der Waals surface area contributed by atoms with Gasteiger partial charge in [-0.15, -0.1) is 0 Å². The van der Waals surface area contributed by atoms with Crippen LogP contribution in [0.2, 0.25) is 5.02 Å². The number of aromatic nitrogens is 2. The Balaban J connectivity index is 2.13. The van der Waals surface area contributed by atoms with Crippen LogP contribution in [0.4, 0.5) is 5.69 Å². The summed E-state index contributed by atoms with van der Waals surface area (Å²) < 4.78 is 6.63. The number of thioether (sulfide) groups is 1. The first-order chi connectivity index (χ1) is 12.3. The molecule has 0 fully saturated rings. The molecule has 0 radical (unpaired) electrons. The largest absolute Gasteiger partial charge is 0.495 e. The molecule has 2 rings (SSSR count). The Labute approximate surface area is 160 Å². The van der Waals surface area contributed by atoms with Crippen LogP contribution in [-0.4, -0.2) is 33.4 Å². The van der Waals surface area contributed by atoms with Crippen molar-refractivity contribution in [1.82, 2.24) is 9.55 Å². The molecule has 2 aromatic rings. The van der Waals surface area contributed by atoms with Crippen LogP contribution in [-0.2, 0) is 11.3 Å². The van der Waals surface area contributed by atoms with E-state index in [-0.39, 0.29) is 34.2 Å². The average molecular weight is 398 g/mol. The third kappa shape index (κ3) is 5.40. The highest BCUT2D eigenvalue weighted by Gasteiger charge is 2.14. The molecule has 0 atom stereocenters. The molecule has 0 aliphatic rings. The van der Waals surface area contributed by atoms with Crippen LogP contribution in [0.25, 0.3) is 0 Å². The zero-order valence-corrected chi connectivity index (χ0v) is 16.2. The Morgan fingerprint density at radius 1 is 1.42 bits per heavy atom. The van der Waals surface area contributed by atoms with Gasteiger partial charge in [-0.3, -0.25) is 14.2 Å². The first-order valence-electron chi connectivity index (χ1n) is 7.87. The van der Waals surface area contributed by atoms with Gasteiger partial charge in [0, 0.05) is 11.6 Å². The molecule has 2 N–H and O–H groups in total. The van der Waals surface area contributed by atoms with Gasteiger partial charge in [0.15, 0.2) is 5.16 Å². The second-order valence-corrected chi connectivity index (χ2v) is 7.30. The maximum absolute atomic E-state index is 12.3. The van der Waals surface area contributed by atoms with E-state index in [2.05, 4.69) is 10.3 Å². The topological polar surface area (TPSA) is 93.5 Å². The third-order valence-electron chi connectivity index (χ3n) is 3.28. The molecule has 0 aliphatic carbocycles. The number of carbonyl (C=O) groups excluding carboxylic acids is 1. The second-order valence-electron chi connectivity index (χ2n) is 5.92. The number of rotatable bonds is 7. The summed E-state index contributed by atoms with van der Waals surface area (Å²) in [7, 11) is 1.49. The van der Waals surface area contributed by atoms with Crippen molar-refractivity contribution in [2.24, 2.45) is 5.92 Å². The Morgan fingerprint density at radius 3 is 2.81 bits per heavy atom. The van der Waals surface area contributed by atoms with Crippen molar-refractivity contribution < 1.29 is 14.6 Å². The summed E-state index contributed by atoms with van der Waals surface area (Å²) >= 11 is 7.01. The second kappa shape index (κ2) is 8.95. The predicted molar refractivity (Wildman–Crippen MR) is 102 cm³/mol. The van der Waals surface area contributed by atoms with Crippen LogP contribution in [0.3, 0.4) is 0 Å². The third-order valence-corrected chi connectivity index (χ3v) is 4.49. The fourth-order valence-corrected chi connectivity index (χ4v) is 3.19. The van der Waals surface area contributed by atoms with E-state index in [1.54, 1.807) is 18.2 Å². The number of anilines is 1. The van der Waals surface area contributed by atoms with Gasteiger partial charge in [-0.25, -0.2) is 0 Å². The van der Waals surface area contributed by atoms with Gasteiger partial charge in [0.25, 0.3) is 5.56 Å². The molecule has 1 aromatic heterocycles. The lowest BCUT2D eigenvalue weighted by Crippen LogP contribution is -2.25. The summed E-state index contributed by atoms with van der Waals surface area (Å²) in [6.45, 7) is 4.37. The van der Waals surface area contributed by atoms with Crippen molar-refractivity contribution in [3.63, 3.8) is 0 Å². The van der Waals surface area contributed by atoms with Gasteiger partial charge in [-0.2, -0.15) is 4.98 Å². The molecule has 1 heterocycles. The van der Waals surface area contributed by atoms with Crippen molar-refractivity contribution in [2.75, 3.05) is 18.2 Å². The number of ether oxygens (including phenoxy) is 1. The number of nitrogens with zero attached hydrogens (tertiary/aromatic N) is 2. The number of nitrogens with one attached hydrogen (secondary N) is 1. The Kier molecular flexibility index (Phi) is 6.93. The zero-order chi connectivity index (χ0) is 19.3. The minimum atomic E-state index is -0.366. The zero-order valence-electron chi connectivity index (χ0n) is 14.7. The number of amides is 1. The first-order valence-corrected chi connectivity index (χ1v) is 9.23. The van der Waals surface area contributed by atoms with E-state index < -0.39 is 0 Å². The van der Waals surface area contributed by atoms with E-state index in [0.717, 1.165) is 17.8 Å².